The second kappa shape index (κ2) is 13.4. The van der Waals surface area contributed by atoms with Gasteiger partial charge in [-0.25, -0.2) is 0 Å². The van der Waals surface area contributed by atoms with E-state index in [9.17, 15) is 4.79 Å². The minimum atomic E-state index is -2.88. The Morgan fingerprint density at radius 2 is 1.27 bits per heavy atom. The Bertz CT molecular complexity index is 1340. The predicted octanol–water partition coefficient (Wildman–Crippen LogP) is 7.68. The first-order valence-electron chi connectivity index (χ1n) is 16.2. The Kier molecular flexibility index (Phi) is 10.5. The van der Waals surface area contributed by atoms with Gasteiger partial charge in [0, 0.05) is 6.42 Å². The van der Waals surface area contributed by atoms with Crippen LogP contribution in [0.4, 0.5) is 0 Å². The summed E-state index contributed by atoms with van der Waals surface area (Å²) >= 11 is 0. The Balaban J connectivity index is 1.77. The van der Waals surface area contributed by atoms with Crippen molar-refractivity contribution in [2.75, 3.05) is 6.61 Å². The van der Waals surface area contributed by atoms with Crippen LogP contribution in [-0.4, -0.2) is 52.9 Å². The molecule has 0 spiro atoms. The summed E-state index contributed by atoms with van der Waals surface area (Å²) in [6.45, 7) is 22.5. The van der Waals surface area contributed by atoms with E-state index in [1.165, 1.54) is 10.4 Å². The van der Waals surface area contributed by atoms with Gasteiger partial charge in [0.2, 0.25) is 0 Å². The second-order valence-corrected chi connectivity index (χ2v) is 24.6. The van der Waals surface area contributed by atoms with Gasteiger partial charge in [-0.05, 0) is 53.0 Å². The van der Waals surface area contributed by atoms with Gasteiger partial charge >= 0.3 is 0 Å². The molecule has 1 fully saturated rings. The van der Waals surface area contributed by atoms with E-state index in [4.69, 9.17) is 18.3 Å². The molecule has 7 heteroatoms. The molecule has 1 aliphatic rings. The molecule has 1 heterocycles. The van der Waals surface area contributed by atoms with Crippen LogP contribution in [0.5, 0.6) is 0 Å². The van der Waals surface area contributed by atoms with E-state index >= 15 is 0 Å². The molecule has 1 saturated heterocycles. The number of rotatable bonds is 11. The summed E-state index contributed by atoms with van der Waals surface area (Å²) in [6.07, 6.45) is 0.630. The molecule has 0 N–H and O–H groups in total. The third kappa shape index (κ3) is 7.45. The molecule has 0 aliphatic carbocycles. The highest BCUT2D eigenvalue weighted by Crippen LogP contribution is 2.45. The molecule has 0 unspecified atom stereocenters. The molecule has 4 atom stereocenters. The van der Waals surface area contributed by atoms with E-state index < -0.39 is 33.9 Å². The Morgan fingerprint density at radius 1 is 0.778 bits per heavy atom. The molecule has 0 radical (unpaired) electrons. The van der Waals surface area contributed by atoms with Crippen LogP contribution in [0.15, 0.2) is 91.0 Å². The average molecular weight is 647 g/mol. The number of hydrogen-bond donors (Lipinski definition) is 0. The maximum absolute atomic E-state index is 12.9. The van der Waals surface area contributed by atoms with Crippen molar-refractivity contribution in [3.8, 4) is 0 Å². The van der Waals surface area contributed by atoms with Gasteiger partial charge in [0.05, 0.1) is 25.4 Å². The van der Waals surface area contributed by atoms with Gasteiger partial charge in [0.25, 0.3) is 8.32 Å². The van der Waals surface area contributed by atoms with E-state index in [-0.39, 0.29) is 22.8 Å². The largest absolute Gasteiger partial charge is 0.410 e. The van der Waals surface area contributed by atoms with Crippen LogP contribution in [0.1, 0.15) is 67.4 Å². The number of ether oxygens (including phenoxy) is 2. The van der Waals surface area contributed by atoms with Crippen LogP contribution >= 0.6 is 0 Å². The second-order valence-electron chi connectivity index (χ2n) is 15.6. The zero-order valence-electron chi connectivity index (χ0n) is 29.1. The molecular formula is C38H54O5Si2. The average Bonchev–Trinajstić information content (AvgIpc) is 2.98. The van der Waals surface area contributed by atoms with Crippen LogP contribution in [0, 0.1) is 0 Å². The Morgan fingerprint density at radius 3 is 1.71 bits per heavy atom. The lowest BCUT2D eigenvalue weighted by Gasteiger charge is -2.54. The summed E-state index contributed by atoms with van der Waals surface area (Å²) in [6, 6.07) is 31.4. The minimum absolute atomic E-state index is 0.0235. The summed E-state index contributed by atoms with van der Waals surface area (Å²) in [5.74, 6) is 0. The van der Waals surface area contributed by atoms with Gasteiger partial charge in [-0.15, -0.1) is 0 Å². The Labute approximate surface area is 273 Å². The first-order valence-corrected chi connectivity index (χ1v) is 21.0. The highest BCUT2D eigenvalue weighted by Gasteiger charge is 2.58. The van der Waals surface area contributed by atoms with Gasteiger partial charge < -0.3 is 23.1 Å². The smallest absolute Gasteiger partial charge is 0.261 e. The number of benzene rings is 3. The van der Waals surface area contributed by atoms with Crippen molar-refractivity contribution in [1.29, 1.82) is 0 Å². The first kappa shape index (κ1) is 35.5. The molecule has 3 aromatic rings. The monoisotopic (exact) mass is 646 g/mol. The Hall–Kier alpha value is -2.40. The van der Waals surface area contributed by atoms with E-state index in [1.54, 1.807) is 0 Å². The normalized spacial score (nSPS) is 24.8. The number of carbonyl (C=O) groups is 1. The molecule has 244 valence electrons. The van der Waals surface area contributed by atoms with Crippen molar-refractivity contribution in [3.05, 3.63) is 96.6 Å². The fourth-order valence-electron chi connectivity index (χ4n) is 6.26. The standard InChI is InChI=1S/C38H54O5Si2/c1-35(2,3)44(9,10)42-34-26-33(40-27-30-20-14-11-15-21-30)38(8,43-37(34,7)28-39)29-41-45(36(4,5)6,31-22-16-12-17-23-31)32-24-18-13-19-25-32/h11-25,28,33-34H,26-27,29H2,1-10H3/t33-,34+,37-,38+/m1/s1. The molecule has 0 aromatic heterocycles. The zero-order chi connectivity index (χ0) is 33.2. The SMILES string of the molecule is CC(C)(C)[Si](C)(C)O[C@H]1C[C@@H](OCc2ccccc2)[C@](C)(CO[Si](c2ccccc2)(c2ccccc2)C(C)(C)C)O[C@]1(C)C=O. The van der Waals surface area contributed by atoms with Crippen molar-refractivity contribution in [2.24, 2.45) is 0 Å². The van der Waals surface area contributed by atoms with Gasteiger partial charge in [-0.3, -0.25) is 0 Å². The highest BCUT2D eigenvalue weighted by molar-refractivity contribution is 6.99. The third-order valence-corrected chi connectivity index (χ3v) is 19.4. The lowest BCUT2D eigenvalue weighted by Crippen LogP contribution is -2.70. The molecule has 5 nitrogen and oxygen atoms in total. The minimum Gasteiger partial charge on any atom is -0.410 e. The van der Waals surface area contributed by atoms with Crippen molar-refractivity contribution in [3.63, 3.8) is 0 Å². The lowest BCUT2D eigenvalue weighted by atomic mass is 9.83. The molecule has 3 aromatic carbocycles. The fourth-order valence-corrected chi connectivity index (χ4v) is 12.3. The van der Waals surface area contributed by atoms with Crippen LogP contribution < -0.4 is 10.4 Å². The summed E-state index contributed by atoms with van der Waals surface area (Å²) in [4.78, 5) is 12.9. The maximum atomic E-state index is 12.9. The van der Waals surface area contributed by atoms with E-state index in [0.717, 1.165) is 11.8 Å². The molecule has 4 rings (SSSR count). The van der Waals surface area contributed by atoms with Crippen molar-refractivity contribution < 1.29 is 23.1 Å². The van der Waals surface area contributed by atoms with Crippen LogP contribution in [0.25, 0.3) is 0 Å². The zero-order valence-corrected chi connectivity index (χ0v) is 31.1. The van der Waals surface area contributed by atoms with Gasteiger partial charge in [0.15, 0.2) is 14.6 Å². The van der Waals surface area contributed by atoms with Crippen molar-refractivity contribution in [2.45, 2.75) is 115 Å². The maximum Gasteiger partial charge on any atom is 0.261 e. The van der Waals surface area contributed by atoms with Crippen LogP contribution in [0.2, 0.25) is 23.2 Å². The number of aldehydes is 1. The molecular weight excluding hydrogens is 593 g/mol. The van der Waals surface area contributed by atoms with Crippen LogP contribution in [0.3, 0.4) is 0 Å². The topological polar surface area (TPSA) is 54.0 Å². The lowest BCUT2D eigenvalue weighted by molar-refractivity contribution is -0.265. The third-order valence-electron chi connectivity index (χ3n) is 9.96. The molecule has 1 aliphatic heterocycles. The summed E-state index contributed by atoms with van der Waals surface area (Å²) < 4.78 is 28.0. The first-order chi connectivity index (χ1) is 21.0. The predicted molar refractivity (Wildman–Crippen MR) is 189 cm³/mol. The fraction of sp³-hybridized carbons (Fsp3) is 0.500. The van der Waals surface area contributed by atoms with E-state index in [2.05, 4.69) is 115 Å². The summed E-state index contributed by atoms with van der Waals surface area (Å²) in [7, 11) is -5.12. The van der Waals surface area contributed by atoms with E-state index in [1.807, 2.05) is 44.2 Å². The molecule has 45 heavy (non-hydrogen) atoms. The quantitative estimate of drug-likeness (QED) is 0.158. The van der Waals surface area contributed by atoms with Crippen LogP contribution in [-0.2, 0) is 29.7 Å². The summed E-state index contributed by atoms with van der Waals surface area (Å²) in [5.41, 5.74) is -1.01. The van der Waals surface area contributed by atoms with Gasteiger partial charge in [-0.2, -0.15) is 0 Å². The summed E-state index contributed by atoms with van der Waals surface area (Å²) in [5, 5.41) is 2.16. The molecule has 0 saturated carbocycles. The van der Waals surface area contributed by atoms with Gasteiger partial charge in [0.1, 0.15) is 11.2 Å². The van der Waals surface area contributed by atoms with Crippen molar-refractivity contribution >= 4 is 33.3 Å². The highest BCUT2D eigenvalue weighted by atomic mass is 28.4. The molecule has 0 bridgehead atoms. The van der Waals surface area contributed by atoms with Crippen molar-refractivity contribution in [1.82, 2.24) is 0 Å². The molecule has 0 amide bonds. The van der Waals surface area contributed by atoms with Gasteiger partial charge in [-0.1, -0.05) is 133 Å². The number of carbonyl (C=O) groups excluding carboxylic acids is 1. The number of hydrogen-bond acceptors (Lipinski definition) is 5. The van der Waals surface area contributed by atoms with E-state index in [0.29, 0.717) is 13.0 Å².